The Hall–Kier alpha value is -1.51. The quantitative estimate of drug-likeness (QED) is 0.839. The normalized spacial score (nSPS) is 19.8. The molecule has 1 fully saturated rings. The summed E-state index contributed by atoms with van der Waals surface area (Å²) in [6.07, 6.45) is 1.38. The first-order valence-electron chi connectivity index (χ1n) is 8.12. The summed E-state index contributed by atoms with van der Waals surface area (Å²) in [5.41, 5.74) is 0.326. The average Bonchev–Trinajstić information content (AvgIpc) is 2.53. The molecule has 2 rings (SSSR count). The molecule has 0 aliphatic carbocycles. The van der Waals surface area contributed by atoms with Crippen LogP contribution in [0.4, 0.5) is 4.39 Å². The monoisotopic (exact) mass is 357 g/mol. The van der Waals surface area contributed by atoms with Gasteiger partial charge < -0.3 is 5.32 Å². The Morgan fingerprint density at radius 1 is 1.29 bits per heavy atom. The summed E-state index contributed by atoms with van der Waals surface area (Å²) in [5, 5.41) is 2.76. The molecule has 1 aliphatic rings. The van der Waals surface area contributed by atoms with Gasteiger partial charge in [0.2, 0.25) is 5.91 Å². The van der Waals surface area contributed by atoms with Gasteiger partial charge in [0.1, 0.15) is 5.82 Å². The minimum atomic E-state index is -3.78. The van der Waals surface area contributed by atoms with Crippen LogP contribution in [0.3, 0.4) is 0 Å². The zero-order chi connectivity index (χ0) is 17.7. The molecular formula is C16H24FN3O3S. The standard InChI is InChI=1S/C16H24FN3O3S/c1-3-13(2)18-16(21)12-20-10-6-9-19(24(20,22)23)11-14-7-4-5-8-15(14)17/h4-5,7-8,13H,3,6,9-12H2,1-2H3,(H,18,21)/t13-/m0/s1. The summed E-state index contributed by atoms with van der Waals surface area (Å²) in [7, 11) is -3.78. The van der Waals surface area contributed by atoms with Crippen molar-refractivity contribution in [3.8, 4) is 0 Å². The Morgan fingerprint density at radius 2 is 1.96 bits per heavy atom. The Bertz CT molecular complexity index is 681. The van der Waals surface area contributed by atoms with Crippen LogP contribution in [-0.2, 0) is 21.5 Å². The maximum absolute atomic E-state index is 13.8. The molecule has 1 heterocycles. The molecule has 0 saturated carbocycles. The van der Waals surface area contributed by atoms with E-state index < -0.39 is 16.0 Å². The van der Waals surface area contributed by atoms with Crippen molar-refractivity contribution in [3.05, 3.63) is 35.6 Å². The molecule has 0 spiro atoms. The van der Waals surface area contributed by atoms with Crippen molar-refractivity contribution in [1.29, 1.82) is 0 Å². The molecule has 1 atom stereocenters. The van der Waals surface area contributed by atoms with E-state index >= 15 is 0 Å². The topological polar surface area (TPSA) is 69.7 Å². The predicted octanol–water partition coefficient (Wildman–Crippen LogP) is 1.49. The maximum atomic E-state index is 13.8. The third-order valence-corrected chi connectivity index (χ3v) is 6.04. The number of hydrogen-bond donors (Lipinski definition) is 1. The van der Waals surface area contributed by atoms with Crippen LogP contribution in [-0.4, -0.2) is 48.6 Å². The molecule has 1 amide bonds. The zero-order valence-electron chi connectivity index (χ0n) is 14.0. The zero-order valence-corrected chi connectivity index (χ0v) is 14.9. The van der Waals surface area contributed by atoms with Crippen LogP contribution >= 0.6 is 0 Å². The third-order valence-electron chi connectivity index (χ3n) is 4.11. The summed E-state index contributed by atoms with van der Waals surface area (Å²) in [6.45, 7) is 4.19. The number of carbonyl (C=O) groups excluding carboxylic acids is 1. The van der Waals surface area contributed by atoms with E-state index in [4.69, 9.17) is 0 Å². The van der Waals surface area contributed by atoms with E-state index in [-0.39, 0.29) is 25.0 Å². The van der Waals surface area contributed by atoms with E-state index in [2.05, 4.69) is 5.32 Å². The first-order chi connectivity index (χ1) is 11.3. The van der Waals surface area contributed by atoms with Crippen molar-refractivity contribution in [3.63, 3.8) is 0 Å². The largest absolute Gasteiger partial charge is 0.353 e. The van der Waals surface area contributed by atoms with E-state index in [0.29, 0.717) is 25.1 Å². The minimum Gasteiger partial charge on any atom is -0.353 e. The van der Waals surface area contributed by atoms with E-state index in [1.165, 1.54) is 10.4 Å². The molecule has 1 aromatic carbocycles. The van der Waals surface area contributed by atoms with E-state index in [9.17, 15) is 17.6 Å². The lowest BCUT2D eigenvalue weighted by Gasteiger charge is -2.34. The van der Waals surface area contributed by atoms with Gasteiger partial charge in [0.15, 0.2) is 0 Å². The molecule has 1 aromatic rings. The van der Waals surface area contributed by atoms with E-state index in [1.807, 2.05) is 13.8 Å². The van der Waals surface area contributed by atoms with Crippen LogP contribution in [0.5, 0.6) is 0 Å². The highest BCUT2D eigenvalue weighted by molar-refractivity contribution is 7.86. The minimum absolute atomic E-state index is 0.000452. The summed E-state index contributed by atoms with van der Waals surface area (Å²) >= 11 is 0. The summed E-state index contributed by atoms with van der Waals surface area (Å²) in [5.74, 6) is -0.750. The third kappa shape index (κ3) is 4.52. The first-order valence-corrected chi connectivity index (χ1v) is 9.52. The highest BCUT2D eigenvalue weighted by Gasteiger charge is 2.35. The van der Waals surface area contributed by atoms with E-state index in [1.54, 1.807) is 18.2 Å². The molecule has 1 saturated heterocycles. The van der Waals surface area contributed by atoms with Crippen LogP contribution < -0.4 is 5.32 Å². The van der Waals surface area contributed by atoms with Gasteiger partial charge in [-0.2, -0.15) is 17.0 Å². The molecule has 24 heavy (non-hydrogen) atoms. The second-order valence-electron chi connectivity index (χ2n) is 6.00. The molecule has 0 aromatic heterocycles. The molecule has 1 aliphatic heterocycles. The molecule has 0 unspecified atom stereocenters. The van der Waals surface area contributed by atoms with Crippen LogP contribution in [0.15, 0.2) is 24.3 Å². The van der Waals surface area contributed by atoms with Gasteiger partial charge in [0.05, 0.1) is 6.54 Å². The Labute approximate surface area is 142 Å². The van der Waals surface area contributed by atoms with Gasteiger partial charge in [-0.3, -0.25) is 4.79 Å². The van der Waals surface area contributed by atoms with Gasteiger partial charge in [-0.1, -0.05) is 25.1 Å². The predicted molar refractivity (Wildman–Crippen MR) is 89.8 cm³/mol. The highest BCUT2D eigenvalue weighted by atomic mass is 32.2. The molecule has 8 heteroatoms. The molecule has 1 N–H and O–H groups in total. The van der Waals surface area contributed by atoms with Gasteiger partial charge in [-0.15, -0.1) is 0 Å². The number of nitrogens with one attached hydrogen (secondary N) is 1. The van der Waals surface area contributed by atoms with Crippen LogP contribution in [0, 0.1) is 5.82 Å². The second-order valence-corrected chi connectivity index (χ2v) is 7.93. The Morgan fingerprint density at radius 3 is 2.62 bits per heavy atom. The number of halogens is 1. The number of benzene rings is 1. The van der Waals surface area contributed by atoms with Crippen molar-refractivity contribution >= 4 is 16.1 Å². The van der Waals surface area contributed by atoms with Crippen molar-refractivity contribution in [2.24, 2.45) is 0 Å². The lowest BCUT2D eigenvalue weighted by molar-refractivity contribution is -0.122. The number of nitrogens with zero attached hydrogens (tertiary/aromatic N) is 2. The Kier molecular flexibility index (Phi) is 6.31. The fourth-order valence-corrected chi connectivity index (χ4v) is 4.17. The van der Waals surface area contributed by atoms with Gasteiger partial charge in [-0.05, 0) is 25.8 Å². The molecule has 134 valence electrons. The van der Waals surface area contributed by atoms with Gasteiger partial charge in [0, 0.05) is 31.2 Å². The molecule has 0 bridgehead atoms. The summed E-state index contributed by atoms with van der Waals surface area (Å²) < 4.78 is 41.5. The summed E-state index contributed by atoms with van der Waals surface area (Å²) in [6, 6.07) is 6.11. The fraction of sp³-hybridized carbons (Fsp3) is 0.562. The van der Waals surface area contributed by atoms with Crippen LogP contribution in [0.1, 0.15) is 32.3 Å². The maximum Gasteiger partial charge on any atom is 0.282 e. The second kappa shape index (κ2) is 8.04. The average molecular weight is 357 g/mol. The van der Waals surface area contributed by atoms with Gasteiger partial charge in [0.25, 0.3) is 10.2 Å². The molecular weight excluding hydrogens is 333 g/mol. The van der Waals surface area contributed by atoms with Gasteiger partial charge >= 0.3 is 0 Å². The first kappa shape index (κ1) is 18.8. The van der Waals surface area contributed by atoms with Gasteiger partial charge in [-0.25, -0.2) is 4.39 Å². The number of rotatable bonds is 6. The van der Waals surface area contributed by atoms with Crippen molar-refractivity contribution in [2.45, 2.75) is 39.3 Å². The van der Waals surface area contributed by atoms with E-state index in [0.717, 1.165) is 10.7 Å². The highest BCUT2D eigenvalue weighted by Crippen LogP contribution is 2.20. The number of hydrogen-bond acceptors (Lipinski definition) is 3. The van der Waals surface area contributed by atoms with Crippen molar-refractivity contribution < 1.29 is 17.6 Å². The SMILES string of the molecule is CC[C@H](C)NC(=O)CN1CCCN(Cc2ccccc2F)S1(=O)=O. The lowest BCUT2D eigenvalue weighted by Crippen LogP contribution is -2.52. The van der Waals surface area contributed by atoms with Crippen molar-refractivity contribution in [2.75, 3.05) is 19.6 Å². The fourth-order valence-electron chi connectivity index (χ4n) is 2.54. The molecule has 6 nitrogen and oxygen atoms in total. The number of amides is 1. The molecule has 0 radical (unpaired) electrons. The summed E-state index contributed by atoms with van der Waals surface area (Å²) in [4.78, 5) is 12.0. The lowest BCUT2D eigenvalue weighted by atomic mass is 10.2. The van der Waals surface area contributed by atoms with Crippen LogP contribution in [0.25, 0.3) is 0 Å². The number of carbonyl (C=O) groups is 1. The van der Waals surface area contributed by atoms with Crippen LogP contribution in [0.2, 0.25) is 0 Å². The smallest absolute Gasteiger partial charge is 0.282 e. The van der Waals surface area contributed by atoms with Crippen molar-refractivity contribution in [1.82, 2.24) is 13.9 Å². The Balaban J connectivity index is 2.07.